The van der Waals surface area contributed by atoms with Gasteiger partial charge in [0.1, 0.15) is 17.8 Å². The number of benzene rings is 1. The first-order valence-corrected chi connectivity index (χ1v) is 5.52. The van der Waals surface area contributed by atoms with Crippen LogP contribution in [0, 0.1) is 5.82 Å². The van der Waals surface area contributed by atoms with E-state index in [9.17, 15) is 4.39 Å². The summed E-state index contributed by atoms with van der Waals surface area (Å²) in [6.45, 7) is 0. The first-order valence-electron chi connectivity index (χ1n) is 5.52. The van der Waals surface area contributed by atoms with Gasteiger partial charge in [-0.05, 0) is 17.7 Å². The second-order valence-corrected chi connectivity index (χ2v) is 3.90. The molecule has 0 aliphatic carbocycles. The number of nitrogens with zero attached hydrogens (tertiary/aromatic N) is 3. The van der Waals surface area contributed by atoms with E-state index < -0.39 is 0 Å². The number of anilines is 1. The number of aromatic nitrogens is 3. The van der Waals surface area contributed by atoms with Gasteiger partial charge in [0, 0.05) is 18.0 Å². The average Bonchev–Trinajstić information content (AvgIpc) is 2.83. The lowest BCUT2D eigenvalue weighted by atomic mass is 10.0. The summed E-state index contributed by atoms with van der Waals surface area (Å²) in [5.74, 6) is -0.145. The van der Waals surface area contributed by atoms with E-state index in [1.54, 1.807) is 24.5 Å². The first kappa shape index (κ1) is 11.3. The Labute approximate surface area is 107 Å². The summed E-state index contributed by atoms with van der Waals surface area (Å²) in [7, 11) is 0. The van der Waals surface area contributed by atoms with Gasteiger partial charge in [0.15, 0.2) is 0 Å². The monoisotopic (exact) mass is 256 g/mol. The molecular weight excluding hydrogens is 247 g/mol. The molecule has 0 amide bonds. The van der Waals surface area contributed by atoms with Gasteiger partial charge in [-0.25, -0.2) is 14.4 Å². The van der Waals surface area contributed by atoms with Crippen LogP contribution in [0.15, 0.2) is 47.5 Å². The van der Waals surface area contributed by atoms with Crippen LogP contribution in [0.25, 0.3) is 22.4 Å². The lowest BCUT2D eigenvalue weighted by Gasteiger charge is -2.02. The van der Waals surface area contributed by atoms with Crippen molar-refractivity contribution in [3.63, 3.8) is 0 Å². The molecule has 0 fully saturated rings. The van der Waals surface area contributed by atoms with Crippen molar-refractivity contribution in [2.45, 2.75) is 0 Å². The van der Waals surface area contributed by atoms with Crippen LogP contribution in [-0.2, 0) is 0 Å². The molecule has 1 aromatic carbocycles. The van der Waals surface area contributed by atoms with Crippen molar-refractivity contribution in [1.82, 2.24) is 15.1 Å². The lowest BCUT2D eigenvalue weighted by molar-refractivity contribution is 0.439. The Morgan fingerprint density at radius 3 is 2.37 bits per heavy atom. The fourth-order valence-electron chi connectivity index (χ4n) is 1.82. The molecule has 5 nitrogen and oxygen atoms in total. The molecule has 2 aromatic heterocycles. The van der Waals surface area contributed by atoms with Crippen molar-refractivity contribution in [2.75, 3.05) is 5.73 Å². The minimum Gasteiger partial charge on any atom is -0.367 e. The summed E-state index contributed by atoms with van der Waals surface area (Å²) < 4.78 is 18.0. The van der Waals surface area contributed by atoms with Crippen LogP contribution in [0.1, 0.15) is 0 Å². The van der Waals surface area contributed by atoms with Gasteiger partial charge in [-0.15, -0.1) is 0 Å². The van der Waals surface area contributed by atoms with Crippen LogP contribution in [0.4, 0.5) is 10.3 Å². The molecule has 3 rings (SSSR count). The van der Waals surface area contributed by atoms with Crippen molar-refractivity contribution in [3.05, 3.63) is 48.8 Å². The molecule has 3 aromatic rings. The van der Waals surface area contributed by atoms with Crippen LogP contribution in [-0.4, -0.2) is 15.1 Å². The van der Waals surface area contributed by atoms with Gasteiger partial charge in [-0.1, -0.05) is 17.3 Å². The molecule has 0 aliphatic rings. The maximum absolute atomic E-state index is 13.0. The molecule has 2 N–H and O–H groups in total. The van der Waals surface area contributed by atoms with E-state index in [2.05, 4.69) is 15.1 Å². The van der Waals surface area contributed by atoms with E-state index in [1.165, 1.54) is 18.5 Å². The van der Waals surface area contributed by atoms with Crippen molar-refractivity contribution in [2.24, 2.45) is 0 Å². The molecule has 0 spiro atoms. The number of nitrogens with two attached hydrogens (primary N) is 1. The van der Waals surface area contributed by atoms with Gasteiger partial charge in [0.25, 0.3) is 0 Å². The zero-order valence-electron chi connectivity index (χ0n) is 9.75. The summed E-state index contributed by atoms with van der Waals surface area (Å²) in [5, 5.41) is 3.91. The molecule has 0 bridgehead atoms. The summed E-state index contributed by atoms with van der Waals surface area (Å²) >= 11 is 0. The normalized spacial score (nSPS) is 10.6. The SMILES string of the molecule is Nc1onc(-c2cncnc2)c1-c1ccc(F)cc1. The Kier molecular flexibility index (Phi) is 2.68. The zero-order chi connectivity index (χ0) is 13.2. The van der Waals surface area contributed by atoms with Gasteiger partial charge < -0.3 is 10.3 Å². The minimum atomic E-state index is -0.316. The minimum absolute atomic E-state index is 0.172. The van der Waals surface area contributed by atoms with Crippen LogP contribution >= 0.6 is 0 Å². The standard InChI is InChI=1S/C13H9FN4O/c14-10-3-1-8(2-4-10)11-12(18-19-13(11)15)9-5-16-7-17-6-9/h1-7H,15H2. The third-order valence-corrected chi connectivity index (χ3v) is 2.69. The second-order valence-electron chi connectivity index (χ2n) is 3.90. The highest BCUT2D eigenvalue weighted by Gasteiger charge is 2.17. The average molecular weight is 256 g/mol. The second kappa shape index (κ2) is 4.49. The maximum atomic E-state index is 13.0. The Balaban J connectivity index is 2.17. The molecule has 0 saturated carbocycles. The molecule has 6 heteroatoms. The highest BCUT2D eigenvalue weighted by Crippen LogP contribution is 2.35. The molecule has 0 unspecified atom stereocenters. The van der Waals surface area contributed by atoms with Crippen LogP contribution < -0.4 is 5.73 Å². The largest absolute Gasteiger partial charge is 0.367 e. The van der Waals surface area contributed by atoms with Crippen molar-refractivity contribution < 1.29 is 8.91 Å². The van der Waals surface area contributed by atoms with E-state index in [-0.39, 0.29) is 11.7 Å². The summed E-state index contributed by atoms with van der Waals surface area (Å²) in [4.78, 5) is 7.85. The highest BCUT2D eigenvalue weighted by atomic mass is 19.1. The van der Waals surface area contributed by atoms with E-state index in [4.69, 9.17) is 10.3 Å². The number of hydrogen-bond acceptors (Lipinski definition) is 5. The fourth-order valence-corrected chi connectivity index (χ4v) is 1.82. The first-order chi connectivity index (χ1) is 9.25. The molecule has 94 valence electrons. The van der Waals surface area contributed by atoms with Crippen LogP contribution in [0.2, 0.25) is 0 Å². The molecule has 0 aliphatic heterocycles. The molecular formula is C13H9FN4O. The number of nitrogen functional groups attached to an aromatic ring is 1. The van der Waals surface area contributed by atoms with Gasteiger partial charge in [0.05, 0.1) is 5.56 Å². The topological polar surface area (TPSA) is 77.8 Å². The Bertz CT molecular complexity index is 694. The predicted octanol–water partition coefficient (Wildman–Crippen LogP) is 2.52. The number of rotatable bonds is 2. The highest BCUT2D eigenvalue weighted by molar-refractivity contribution is 5.86. The smallest absolute Gasteiger partial charge is 0.230 e. The number of hydrogen-bond donors (Lipinski definition) is 1. The third-order valence-electron chi connectivity index (χ3n) is 2.69. The van der Waals surface area contributed by atoms with Crippen molar-refractivity contribution in [3.8, 4) is 22.4 Å². The predicted molar refractivity (Wildman–Crippen MR) is 67.3 cm³/mol. The molecule has 19 heavy (non-hydrogen) atoms. The van der Waals surface area contributed by atoms with Crippen molar-refractivity contribution >= 4 is 5.88 Å². The summed E-state index contributed by atoms with van der Waals surface area (Å²) in [5.41, 5.74) is 8.33. The molecule has 2 heterocycles. The van der Waals surface area contributed by atoms with Gasteiger partial charge in [0.2, 0.25) is 5.88 Å². The lowest BCUT2D eigenvalue weighted by Crippen LogP contribution is -1.89. The Morgan fingerprint density at radius 2 is 1.68 bits per heavy atom. The number of halogens is 1. The van der Waals surface area contributed by atoms with E-state index in [0.29, 0.717) is 16.8 Å². The van der Waals surface area contributed by atoms with E-state index in [0.717, 1.165) is 5.56 Å². The zero-order valence-corrected chi connectivity index (χ0v) is 9.75. The summed E-state index contributed by atoms with van der Waals surface area (Å²) in [6.07, 6.45) is 4.64. The van der Waals surface area contributed by atoms with Gasteiger partial charge in [-0.3, -0.25) is 0 Å². The van der Waals surface area contributed by atoms with Crippen LogP contribution in [0.3, 0.4) is 0 Å². The molecule has 0 saturated heterocycles. The fraction of sp³-hybridized carbons (Fsp3) is 0. The van der Waals surface area contributed by atoms with E-state index >= 15 is 0 Å². The van der Waals surface area contributed by atoms with E-state index in [1.807, 2.05) is 0 Å². The van der Waals surface area contributed by atoms with Gasteiger partial charge in [-0.2, -0.15) is 0 Å². The third kappa shape index (κ3) is 2.03. The van der Waals surface area contributed by atoms with Crippen LogP contribution in [0.5, 0.6) is 0 Å². The Morgan fingerprint density at radius 1 is 1.00 bits per heavy atom. The maximum Gasteiger partial charge on any atom is 0.230 e. The summed E-state index contributed by atoms with van der Waals surface area (Å²) in [6, 6.07) is 5.94. The van der Waals surface area contributed by atoms with Gasteiger partial charge >= 0.3 is 0 Å². The quantitative estimate of drug-likeness (QED) is 0.762. The molecule has 0 atom stereocenters. The Hall–Kier alpha value is -2.76. The van der Waals surface area contributed by atoms with Crippen molar-refractivity contribution in [1.29, 1.82) is 0 Å². The molecule has 0 radical (unpaired) electrons.